The summed E-state index contributed by atoms with van der Waals surface area (Å²) >= 11 is 0. The van der Waals surface area contributed by atoms with Crippen LogP contribution in [-0.4, -0.2) is 6.61 Å². The van der Waals surface area contributed by atoms with Crippen LogP contribution in [0.25, 0.3) is 11.0 Å². The molecule has 0 saturated heterocycles. The number of fused-ring (bicyclic) bond motifs is 1. The zero-order valence-electron chi connectivity index (χ0n) is 8.12. The number of nitrogens with two attached hydrogens (primary N) is 1. The second-order valence-corrected chi connectivity index (χ2v) is 3.31. The molecule has 0 spiro atoms. The van der Waals surface area contributed by atoms with Gasteiger partial charge in [0.15, 0.2) is 0 Å². The van der Waals surface area contributed by atoms with Crippen LogP contribution in [0.5, 0.6) is 0 Å². The second kappa shape index (κ2) is 3.82. The van der Waals surface area contributed by atoms with Gasteiger partial charge in [-0.3, -0.25) is 0 Å². The molecule has 1 aromatic heterocycles. The van der Waals surface area contributed by atoms with Crippen molar-refractivity contribution in [2.24, 2.45) is 5.90 Å². The van der Waals surface area contributed by atoms with Crippen LogP contribution in [0.2, 0.25) is 0 Å². The molecule has 0 aliphatic rings. The first-order valence-corrected chi connectivity index (χ1v) is 4.61. The van der Waals surface area contributed by atoms with Gasteiger partial charge in [-0.25, -0.2) is 5.90 Å². The van der Waals surface area contributed by atoms with E-state index in [-0.39, 0.29) is 0 Å². The molecule has 0 amide bonds. The van der Waals surface area contributed by atoms with Crippen LogP contribution in [-0.2, 0) is 11.3 Å². The van der Waals surface area contributed by atoms with Gasteiger partial charge in [-0.15, -0.1) is 0 Å². The fourth-order valence-electron chi connectivity index (χ4n) is 1.62. The first kappa shape index (κ1) is 9.24. The third kappa shape index (κ3) is 1.64. The van der Waals surface area contributed by atoms with Crippen molar-refractivity contribution < 1.29 is 9.25 Å². The highest BCUT2D eigenvalue weighted by Gasteiger charge is 2.05. The molecule has 1 heterocycles. The van der Waals surface area contributed by atoms with Gasteiger partial charge in [0.1, 0.15) is 11.3 Å². The molecule has 0 fully saturated rings. The Balaban J connectivity index is 2.42. The lowest BCUT2D eigenvalue weighted by atomic mass is 10.1. The van der Waals surface area contributed by atoms with E-state index in [9.17, 15) is 0 Å². The standard InChI is InChI=1S/C11H13NO2/c1-8-7-10-4-2-3-9(5-6-13-12)11(10)14-8/h2-4,7H,5-6,12H2,1H3. The molecule has 2 rings (SSSR count). The molecule has 2 N–H and O–H groups in total. The highest BCUT2D eigenvalue weighted by atomic mass is 16.6. The monoisotopic (exact) mass is 191 g/mol. The molecular formula is C11H13NO2. The molecule has 0 radical (unpaired) electrons. The maximum atomic E-state index is 5.60. The summed E-state index contributed by atoms with van der Waals surface area (Å²) < 4.78 is 5.60. The number of rotatable bonds is 3. The molecule has 3 nitrogen and oxygen atoms in total. The number of furan rings is 1. The number of hydrogen-bond donors (Lipinski definition) is 1. The highest BCUT2D eigenvalue weighted by Crippen LogP contribution is 2.22. The van der Waals surface area contributed by atoms with Crippen molar-refractivity contribution in [3.63, 3.8) is 0 Å². The molecule has 14 heavy (non-hydrogen) atoms. The number of hydrogen-bond acceptors (Lipinski definition) is 3. The minimum Gasteiger partial charge on any atom is -0.461 e. The maximum absolute atomic E-state index is 5.60. The Kier molecular flexibility index (Phi) is 2.52. The van der Waals surface area contributed by atoms with E-state index in [2.05, 4.69) is 4.84 Å². The average Bonchev–Trinajstić information content (AvgIpc) is 2.55. The summed E-state index contributed by atoms with van der Waals surface area (Å²) in [5, 5.41) is 1.14. The Bertz CT molecular complexity index is 434. The van der Waals surface area contributed by atoms with Crippen LogP contribution in [0, 0.1) is 6.92 Å². The summed E-state index contributed by atoms with van der Waals surface area (Å²) in [6.45, 7) is 2.46. The number of aryl methyl sites for hydroxylation is 1. The predicted octanol–water partition coefficient (Wildman–Crippen LogP) is 2.17. The quantitative estimate of drug-likeness (QED) is 0.756. The molecule has 0 saturated carbocycles. The predicted molar refractivity (Wildman–Crippen MR) is 54.8 cm³/mol. The lowest BCUT2D eigenvalue weighted by Gasteiger charge is -2.00. The normalized spacial score (nSPS) is 11.0. The van der Waals surface area contributed by atoms with Crippen molar-refractivity contribution in [1.82, 2.24) is 0 Å². The first-order valence-electron chi connectivity index (χ1n) is 4.61. The average molecular weight is 191 g/mol. The summed E-state index contributed by atoms with van der Waals surface area (Å²) in [6.07, 6.45) is 0.779. The Hall–Kier alpha value is -1.32. The van der Waals surface area contributed by atoms with E-state index in [0.717, 1.165) is 28.7 Å². The Morgan fingerprint density at radius 3 is 3.07 bits per heavy atom. The molecule has 0 bridgehead atoms. The molecule has 1 aromatic carbocycles. The van der Waals surface area contributed by atoms with Crippen molar-refractivity contribution in [3.8, 4) is 0 Å². The van der Waals surface area contributed by atoms with Crippen LogP contribution >= 0.6 is 0 Å². The Morgan fingerprint density at radius 1 is 1.43 bits per heavy atom. The number of benzene rings is 1. The van der Waals surface area contributed by atoms with Gasteiger partial charge in [-0.2, -0.15) is 0 Å². The van der Waals surface area contributed by atoms with Gasteiger partial charge in [-0.05, 0) is 18.6 Å². The van der Waals surface area contributed by atoms with E-state index in [4.69, 9.17) is 10.3 Å². The molecule has 0 aliphatic carbocycles. The van der Waals surface area contributed by atoms with Crippen LogP contribution in [0.3, 0.4) is 0 Å². The summed E-state index contributed by atoms with van der Waals surface area (Å²) in [6, 6.07) is 8.12. The van der Waals surface area contributed by atoms with Crippen molar-refractivity contribution in [1.29, 1.82) is 0 Å². The molecular weight excluding hydrogens is 178 g/mol. The molecule has 74 valence electrons. The van der Waals surface area contributed by atoms with Crippen LogP contribution in [0.4, 0.5) is 0 Å². The second-order valence-electron chi connectivity index (χ2n) is 3.31. The topological polar surface area (TPSA) is 48.4 Å². The molecule has 2 aromatic rings. The highest BCUT2D eigenvalue weighted by molar-refractivity contribution is 5.81. The van der Waals surface area contributed by atoms with E-state index in [1.54, 1.807) is 0 Å². The van der Waals surface area contributed by atoms with E-state index in [1.165, 1.54) is 0 Å². The molecule has 3 heteroatoms. The van der Waals surface area contributed by atoms with Crippen LogP contribution < -0.4 is 5.90 Å². The summed E-state index contributed by atoms with van der Waals surface area (Å²) in [5.41, 5.74) is 2.09. The summed E-state index contributed by atoms with van der Waals surface area (Å²) in [4.78, 5) is 4.56. The van der Waals surface area contributed by atoms with Gasteiger partial charge >= 0.3 is 0 Å². The van der Waals surface area contributed by atoms with Crippen molar-refractivity contribution in [3.05, 3.63) is 35.6 Å². The van der Waals surface area contributed by atoms with Crippen LogP contribution in [0.15, 0.2) is 28.7 Å². The summed E-state index contributed by atoms with van der Waals surface area (Å²) in [7, 11) is 0. The van der Waals surface area contributed by atoms with Crippen molar-refractivity contribution >= 4 is 11.0 Å². The van der Waals surface area contributed by atoms with Crippen LogP contribution in [0.1, 0.15) is 11.3 Å². The first-order chi connectivity index (χ1) is 6.81. The van der Waals surface area contributed by atoms with Gasteiger partial charge in [0, 0.05) is 11.8 Å². The van der Waals surface area contributed by atoms with Gasteiger partial charge in [-0.1, -0.05) is 18.2 Å². The number of para-hydroxylation sites is 1. The SMILES string of the molecule is Cc1cc2cccc(CCON)c2o1. The largest absolute Gasteiger partial charge is 0.461 e. The third-order valence-corrected chi connectivity index (χ3v) is 2.24. The molecule has 0 aliphatic heterocycles. The van der Waals surface area contributed by atoms with Gasteiger partial charge in [0.2, 0.25) is 0 Å². The van der Waals surface area contributed by atoms with E-state index >= 15 is 0 Å². The Labute approximate surface area is 82.4 Å². The minimum atomic E-state index is 0.513. The zero-order chi connectivity index (χ0) is 9.97. The molecule has 0 unspecified atom stereocenters. The molecule has 0 atom stereocenters. The van der Waals surface area contributed by atoms with Crippen molar-refractivity contribution in [2.45, 2.75) is 13.3 Å². The van der Waals surface area contributed by atoms with E-state index in [1.807, 2.05) is 31.2 Å². The smallest absolute Gasteiger partial charge is 0.137 e. The lowest BCUT2D eigenvalue weighted by molar-refractivity contribution is 0.141. The lowest BCUT2D eigenvalue weighted by Crippen LogP contribution is -2.03. The van der Waals surface area contributed by atoms with Gasteiger partial charge in [0.05, 0.1) is 6.61 Å². The third-order valence-electron chi connectivity index (χ3n) is 2.24. The van der Waals surface area contributed by atoms with E-state index in [0.29, 0.717) is 6.61 Å². The van der Waals surface area contributed by atoms with Gasteiger partial charge < -0.3 is 9.25 Å². The fourth-order valence-corrected chi connectivity index (χ4v) is 1.62. The maximum Gasteiger partial charge on any atom is 0.137 e. The van der Waals surface area contributed by atoms with E-state index < -0.39 is 0 Å². The Morgan fingerprint density at radius 2 is 2.29 bits per heavy atom. The van der Waals surface area contributed by atoms with Gasteiger partial charge in [0.25, 0.3) is 0 Å². The van der Waals surface area contributed by atoms with Crippen molar-refractivity contribution in [2.75, 3.05) is 6.61 Å². The fraction of sp³-hybridized carbons (Fsp3) is 0.273. The zero-order valence-corrected chi connectivity index (χ0v) is 8.12. The minimum absolute atomic E-state index is 0.513. The summed E-state index contributed by atoms with van der Waals surface area (Å²) in [5.74, 6) is 5.93.